The molecule has 0 atom stereocenters. The summed E-state index contributed by atoms with van der Waals surface area (Å²) in [6.07, 6.45) is 8.46. The van der Waals surface area contributed by atoms with Crippen LogP contribution in [0.4, 0.5) is 0 Å². The molecule has 0 bridgehead atoms. The molecule has 3 aromatic rings. The summed E-state index contributed by atoms with van der Waals surface area (Å²) in [5.41, 5.74) is 3.59. The second kappa shape index (κ2) is 8.22. The Hall–Kier alpha value is -2.98. The Labute approximate surface area is 151 Å². The van der Waals surface area contributed by atoms with Gasteiger partial charge in [-0.2, -0.15) is 0 Å². The molecule has 4 nitrogen and oxygen atoms in total. The van der Waals surface area contributed by atoms with Crippen LogP contribution in [0.3, 0.4) is 0 Å². The van der Waals surface area contributed by atoms with E-state index in [1.807, 2.05) is 36.4 Å². The van der Waals surface area contributed by atoms with Crippen LogP contribution in [0.1, 0.15) is 11.1 Å². The van der Waals surface area contributed by atoms with E-state index in [4.69, 9.17) is 11.6 Å². The number of carbonyl (C=O) groups excluding carboxylic acids is 1. The van der Waals surface area contributed by atoms with Gasteiger partial charge in [0.2, 0.25) is 5.91 Å². The zero-order valence-electron chi connectivity index (χ0n) is 13.4. The number of nitrogens with zero attached hydrogens (tertiary/aromatic N) is 2. The first-order valence-corrected chi connectivity index (χ1v) is 8.16. The van der Waals surface area contributed by atoms with E-state index in [2.05, 4.69) is 15.3 Å². The van der Waals surface area contributed by atoms with Gasteiger partial charge in [-0.05, 0) is 47.5 Å². The van der Waals surface area contributed by atoms with E-state index < -0.39 is 0 Å². The van der Waals surface area contributed by atoms with Gasteiger partial charge in [0.05, 0.1) is 5.69 Å². The molecule has 25 heavy (non-hydrogen) atoms. The van der Waals surface area contributed by atoms with Gasteiger partial charge in [0, 0.05) is 41.8 Å². The zero-order valence-corrected chi connectivity index (χ0v) is 14.1. The van der Waals surface area contributed by atoms with E-state index in [1.165, 1.54) is 6.08 Å². The highest BCUT2D eigenvalue weighted by Gasteiger charge is 2.07. The van der Waals surface area contributed by atoms with Crippen LogP contribution in [0.5, 0.6) is 0 Å². The lowest BCUT2D eigenvalue weighted by atomic mass is 10.1. The lowest BCUT2D eigenvalue weighted by Gasteiger charge is -2.08. The van der Waals surface area contributed by atoms with Crippen LogP contribution in [0.25, 0.3) is 17.3 Å². The molecule has 5 heteroatoms. The van der Waals surface area contributed by atoms with Crippen LogP contribution < -0.4 is 5.32 Å². The van der Waals surface area contributed by atoms with E-state index in [0.717, 1.165) is 22.4 Å². The number of halogens is 1. The monoisotopic (exact) mass is 349 g/mol. The van der Waals surface area contributed by atoms with Gasteiger partial charge < -0.3 is 5.32 Å². The molecule has 1 N–H and O–H groups in total. The van der Waals surface area contributed by atoms with Crippen LogP contribution in [-0.2, 0) is 11.3 Å². The van der Waals surface area contributed by atoms with Gasteiger partial charge in [-0.25, -0.2) is 0 Å². The van der Waals surface area contributed by atoms with Crippen molar-refractivity contribution in [1.29, 1.82) is 0 Å². The van der Waals surface area contributed by atoms with Crippen molar-refractivity contribution in [2.24, 2.45) is 0 Å². The van der Waals surface area contributed by atoms with Crippen molar-refractivity contribution in [2.75, 3.05) is 0 Å². The second-order valence-electron chi connectivity index (χ2n) is 5.36. The third-order valence-electron chi connectivity index (χ3n) is 3.58. The molecule has 0 saturated carbocycles. The first-order valence-electron chi connectivity index (χ1n) is 7.78. The molecule has 0 aliphatic rings. The van der Waals surface area contributed by atoms with Crippen molar-refractivity contribution in [2.45, 2.75) is 6.54 Å². The molecule has 124 valence electrons. The van der Waals surface area contributed by atoms with E-state index >= 15 is 0 Å². The third-order valence-corrected chi connectivity index (χ3v) is 3.83. The van der Waals surface area contributed by atoms with Crippen molar-refractivity contribution in [3.8, 4) is 11.3 Å². The van der Waals surface area contributed by atoms with Gasteiger partial charge in [0.25, 0.3) is 0 Å². The minimum absolute atomic E-state index is 0.170. The summed E-state index contributed by atoms with van der Waals surface area (Å²) in [4.78, 5) is 20.6. The van der Waals surface area contributed by atoms with Gasteiger partial charge in [-0.3, -0.25) is 14.8 Å². The maximum Gasteiger partial charge on any atom is 0.244 e. The van der Waals surface area contributed by atoms with E-state index in [9.17, 15) is 4.79 Å². The number of nitrogens with one attached hydrogen (secondary N) is 1. The van der Waals surface area contributed by atoms with Crippen LogP contribution in [0.15, 0.2) is 73.2 Å². The fourth-order valence-electron chi connectivity index (χ4n) is 2.33. The van der Waals surface area contributed by atoms with Crippen molar-refractivity contribution in [1.82, 2.24) is 15.3 Å². The summed E-state index contributed by atoms with van der Waals surface area (Å²) in [5.74, 6) is -0.170. The van der Waals surface area contributed by atoms with Crippen LogP contribution in [-0.4, -0.2) is 15.9 Å². The number of aromatic nitrogens is 2. The number of amides is 1. The standard InChI is InChI=1S/C20H16ClN3O/c21-18-8-5-15(6-9-18)7-10-19(25)24-14-17-4-2-12-23-20(17)16-3-1-11-22-13-16/h1-13H,14H2,(H,24,25). The molecule has 2 heterocycles. The number of hydrogen-bond acceptors (Lipinski definition) is 3. The smallest absolute Gasteiger partial charge is 0.244 e. The molecule has 2 aromatic heterocycles. The lowest BCUT2D eigenvalue weighted by Crippen LogP contribution is -2.20. The Bertz CT molecular complexity index is 877. The highest BCUT2D eigenvalue weighted by molar-refractivity contribution is 6.30. The molecule has 0 radical (unpaired) electrons. The summed E-state index contributed by atoms with van der Waals surface area (Å²) < 4.78 is 0. The number of hydrogen-bond donors (Lipinski definition) is 1. The third kappa shape index (κ3) is 4.75. The zero-order chi connectivity index (χ0) is 17.5. The Balaban J connectivity index is 1.66. The minimum Gasteiger partial charge on any atom is -0.348 e. The summed E-state index contributed by atoms with van der Waals surface area (Å²) in [7, 11) is 0. The van der Waals surface area contributed by atoms with Gasteiger partial charge in [-0.1, -0.05) is 29.8 Å². The highest BCUT2D eigenvalue weighted by atomic mass is 35.5. The molecule has 0 fully saturated rings. The van der Waals surface area contributed by atoms with E-state index in [-0.39, 0.29) is 5.91 Å². The normalized spacial score (nSPS) is 10.8. The van der Waals surface area contributed by atoms with Crippen LogP contribution in [0.2, 0.25) is 5.02 Å². The Morgan fingerprint density at radius 3 is 2.64 bits per heavy atom. The summed E-state index contributed by atoms with van der Waals surface area (Å²) >= 11 is 5.84. The Morgan fingerprint density at radius 2 is 1.88 bits per heavy atom. The molecule has 0 aliphatic heterocycles. The lowest BCUT2D eigenvalue weighted by molar-refractivity contribution is -0.116. The molecular weight excluding hydrogens is 334 g/mol. The summed E-state index contributed by atoms with van der Waals surface area (Å²) in [6.45, 7) is 0.391. The highest BCUT2D eigenvalue weighted by Crippen LogP contribution is 2.19. The Morgan fingerprint density at radius 1 is 1.08 bits per heavy atom. The molecule has 0 spiro atoms. The molecule has 0 unspecified atom stereocenters. The molecule has 0 saturated heterocycles. The van der Waals surface area contributed by atoms with Gasteiger partial charge in [0.1, 0.15) is 0 Å². The number of pyridine rings is 2. The fraction of sp³-hybridized carbons (Fsp3) is 0.0500. The van der Waals surface area contributed by atoms with Crippen molar-refractivity contribution in [3.05, 3.63) is 89.3 Å². The fourth-order valence-corrected chi connectivity index (χ4v) is 2.46. The maximum atomic E-state index is 12.0. The molecular formula is C20H16ClN3O. The van der Waals surface area contributed by atoms with E-state index in [1.54, 1.807) is 36.8 Å². The van der Waals surface area contributed by atoms with Gasteiger partial charge in [-0.15, -0.1) is 0 Å². The molecule has 3 rings (SSSR count). The van der Waals surface area contributed by atoms with Crippen LogP contribution >= 0.6 is 11.6 Å². The summed E-state index contributed by atoms with van der Waals surface area (Å²) in [6, 6.07) is 14.9. The van der Waals surface area contributed by atoms with Crippen molar-refractivity contribution < 1.29 is 4.79 Å². The predicted molar refractivity (Wildman–Crippen MR) is 99.8 cm³/mol. The van der Waals surface area contributed by atoms with Crippen molar-refractivity contribution in [3.63, 3.8) is 0 Å². The molecule has 1 aromatic carbocycles. The Kier molecular flexibility index (Phi) is 5.54. The number of carbonyl (C=O) groups is 1. The predicted octanol–water partition coefficient (Wildman–Crippen LogP) is 4.13. The van der Waals surface area contributed by atoms with Gasteiger partial charge in [0.15, 0.2) is 0 Å². The second-order valence-corrected chi connectivity index (χ2v) is 5.79. The largest absolute Gasteiger partial charge is 0.348 e. The first-order chi connectivity index (χ1) is 12.2. The molecule has 1 amide bonds. The maximum absolute atomic E-state index is 12.0. The summed E-state index contributed by atoms with van der Waals surface area (Å²) in [5, 5.41) is 3.55. The molecule has 0 aliphatic carbocycles. The number of rotatable bonds is 5. The topological polar surface area (TPSA) is 54.9 Å². The quantitative estimate of drug-likeness (QED) is 0.705. The van der Waals surface area contributed by atoms with Gasteiger partial charge >= 0.3 is 0 Å². The van der Waals surface area contributed by atoms with Crippen LogP contribution in [0, 0.1) is 0 Å². The average Bonchev–Trinajstić information content (AvgIpc) is 2.67. The SMILES string of the molecule is O=C(C=Cc1ccc(Cl)cc1)NCc1cccnc1-c1cccnc1. The first kappa shape index (κ1) is 16.9. The van der Waals surface area contributed by atoms with E-state index in [0.29, 0.717) is 11.6 Å². The minimum atomic E-state index is -0.170. The van der Waals surface area contributed by atoms with Crippen molar-refractivity contribution >= 4 is 23.6 Å². The average molecular weight is 350 g/mol. The number of benzene rings is 1.